The molecule has 0 aromatic carbocycles. The third-order valence-corrected chi connectivity index (χ3v) is 6.30. The van der Waals surface area contributed by atoms with Gasteiger partial charge in [-0.1, -0.05) is 18.0 Å². The van der Waals surface area contributed by atoms with Crippen LogP contribution < -0.4 is 10.2 Å². The lowest BCUT2D eigenvalue weighted by molar-refractivity contribution is 0.0945. The highest BCUT2D eigenvalue weighted by Crippen LogP contribution is 2.49. The first-order valence-electron chi connectivity index (χ1n) is 9.26. The summed E-state index contributed by atoms with van der Waals surface area (Å²) in [6.07, 6.45) is 10.5. The Morgan fingerprint density at radius 3 is 2.83 bits per heavy atom. The number of rotatable bonds is 5. The maximum Gasteiger partial charge on any atom is 0.271 e. The molecule has 0 spiro atoms. The quantitative estimate of drug-likeness (QED) is 0.887. The minimum atomic E-state index is -0.175. The van der Waals surface area contributed by atoms with Crippen LogP contribution in [0.1, 0.15) is 55.4 Å². The summed E-state index contributed by atoms with van der Waals surface area (Å²) in [7, 11) is 0. The molecule has 1 amide bonds. The largest absolute Gasteiger partial charge is 0.351 e. The first-order chi connectivity index (χ1) is 11.7. The molecule has 1 aromatic rings. The zero-order chi connectivity index (χ0) is 16.5. The van der Waals surface area contributed by atoms with Crippen molar-refractivity contribution < 1.29 is 4.79 Å². The normalized spacial score (nSPS) is 28.5. The van der Waals surface area contributed by atoms with Crippen LogP contribution in [0, 0.1) is 17.8 Å². The molecule has 6 heteroatoms. The van der Waals surface area contributed by atoms with Crippen LogP contribution in [-0.2, 0) is 0 Å². The second-order valence-corrected chi connectivity index (χ2v) is 7.95. The van der Waals surface area contributed by atoms with Crippen LogP contribution in [0.15, 0.2) is 6.20 Å². The molecule has 1 N–H and O–H groups in total. The first kappa shape index (κ1) is 16.1. The van der Waals surface area contributed by atoms with Gasteiger partial charge in [0.15, 0.2) is 5.69 Å². The zero-order valence-electron chi connectivity index (χ0n) is 14.0. The van der Waals surface area contributed by atoms with Gasteiger partial charge >= 0.3 is 0 Å². The lowest BCUT2D eigenvalue weighted by Gasteiger charge is -2.21. The van der Waals surface area contributed by atoms with Crippen molar-refractivity contribution in [3.63, 3.8) is 0 Å². The number of halogens is 1. The average molecular weight is 349 g/mol. The van der Waals surface area contributed by atoms with Crippen molar-refractivity contribution in [2.24, 2.45) is 17.8 Å². The highest BCUT2D eigenvalue weighted by Gasteiger charge is 2.38. The monoisotopic (exact) mass is 348 g/mol. The summed E-state index contributed by atoms with van der Waals surface area (Å²) in [5, 5.41) is 3.34. The maximum atomic E-state index is 12.5. The van der Waals surface area contributed by atoms with E-state index in [9.17, 15) is 4.79 Å². The second kappa shape index (κ2) is 6.87. The molecular formula is C18H25ClN4O. The van der Waals surface area contributed by atoms with Crippen LogP contribution in [0.3, 0.4) is 0 Å². The van der Waals surface area contributed by atoms with Crippen molar-refractivity contribution in [3.8, 4) is 0 Å². The van der Waals surface area contributed by atoms with Crippen LogP contribution in [-0.4, -0.2) is 35.5 Å². The van der Waals surface area contributed by atoms with E-state index in [1.807, 2.05) is 0 Å². The number of anilines is 1. The van der Waals surface area contributed by atoms with E-state index in [4.69, 9.17) is 11.6 Å². The molecule has 2 aliphatic carbocycles. The summed E-state index contributed by atoms with van der Waals surface area (Å²) in [5.41, 5.74) is 0.307. The number of carbonyl (C=O) groups is 1. The van der Waals surface area contributed by atoms with Crippen molar-refractivity contribution in [1.82, 2.24) is 15.3 Å². The number of nitrogens with zero attached hydrogens (tertiary/aromatic N) is 3. The summed E-state index contributed by atoms with van der Waals surface area (Å²) in [4.78, 5) is 23.3. The lowest BCUT2D eigenvalue weighted by atomic mass is 9.86. The Bertz CT molecular complexity index is 617. The summed E-state index contributed by atoms with van der Waals surface area (Å²) < 4.78 is 0. The highest BCUT2D eigenvalue weighted by molar-refractivity contribution is 6.33. The van der Waals surface area contributed by atoms with E-state index in [-0.39, 0.29) is 5.91 Å². The Balaban J connectivity index is 1.34. The number of carbonyl (C=O) groups excluding carboxylic acids is 1. The van der Waals surface area contributed by atoms with E-state index in [0.717, 1.165) is 50.1 Å². The molecule has 4 rings (SSSR count). The molecule has 2 heterocycles. The van der Waals surface area contributed by atoms with Crippen LogP contribution in [0.5, 0.6) is 0 Å². The van der Waals surface area contributed by atoms with E-state index in [0.29, 0.717) is 23.2 Å². The van der Waals surface area contributed by atoms with Gasteiger partial charge in [0, 0.05) is 19.6 Å². The molecule has 3 atom stereocenters. The smallest absolute Gasteiger partial charge is 0.271 e. The van der Waals surface area contributed by atoms with Crippen LogP contribution >= 0.6 is 11.6 Å². The molecule has 3 aliphatic rings. The topological polar surface area (TPSA) is 58.1 Å². The van der Waals surface area contributed by atoms with Gasteiger partial charge in [0.25, 0.3) is 5.91 Å². The van der Waals surface area contributed by atoms with Crippen molar-refractivity contribution in [2.75, 3.05) is 24.5 Å². The fourth-order valence-electron chi connectivity index (χ4n) is 4.77. The van der Waals surface area contributed by atoms with Crippen molar-refractivity contribution in [1.29, 1.82) is 0 Å². The van der Waals surface area contributed by atoms with Crippen molar-refractivity contribution >= 4 is 23.5 Å². The molecule has 1 aliphatic heterocycles. The predicted molar refractivity (Wildman–Crippen MR) is 94.4 cm³/mol. The Hall–Kier alpha value is -1.36. The lowest BCUT2D eigenvalue weighted by Crippen LogP contribution is -2.29. The molecule has 1 aromatic heterocycles. The number of hydrogen-bond acceptors (Lipinski definition) is 4. The van der Waals surface area contributed by atoms with Crippen molar-refractivity contribution in [3.05, 3.63) is 16.9 Å². The number of hydrogen-bond donors (Lipinski definition) is 1. The van der Waals surface area contributed by atoms with Gasteiger partial charge in [-0.3, -0.25) is 4.79 Å². The van der Waals surface area contributed by atoms with Crippen molar-refractivity contribution in [2.45, 2.75) is 44.9 Å². The third kappa shape index (κ3) is 3.23. The van der Waals surface area contributed by atoms with Gasteiger partial charge in [-0.2, -0.15) is 0 Å². The number of fused-ring (bicyclic) bond motifs is 2. The van der Waals surface area contributed by atoms with Gasteiger partial charge in [-0.15, -0.1) is 0 Å². The fraction of sp³-hybridized carbons (Fsp3) is 0.722. The van der Waals surface area contributed by atoms with Gasteiger partial charge in [-0.25, -0.2) is 9.97 Å². The molecule has 0 radical (unpaired) electrons. The first-order valence-corrected chi connectivity index (χ1v) is 9.64. The Morgan fingerprint density at radius 1 is 1.29 bits per heavy atom. The summed E-state index contributed by atoms with van der Waals surface area (Å²) in [6, 6.07) is 0. The van der Waals surface area contributed by atoms with E-state index in [1.54, 1.807) is 6.20 Å². The molecule has 1 saturated heterocycles. The average Bonchev–Trinajstić information content (AvgIpc) is 3.33. The molecule has 2 bridgehead atoms. The van der Waals surface area contributed by atoms with Gasteiger partial charge in [0.2, 0.25) is 5.95 Å². The SMILES string of the molecule is O=C(NCCC1CC2CCC1C2)c1nc(N2CCCC2)ncc1Cl. The number of amides is 1. The highest BCUT2D eigenvalue weighted by atomic mass is 35.5. The molecule has 3 unspecified atom stereocenters. The minimum absolute atomic E-state index is 0.175. The van der Waals surface area contributed by atoms with E-state index < -0.39 is 0 Å². The maximum absolute atomic E-state index is 12.5. The molecule has 24 heavy (non-hydrogen) atoms. The second-order valence-electron chi connectivity index (χ2n) is 7.54. The van der Waals surface area contributed by atoms with Gasteiger partial charge < -0.3 is 10.2 Å². The van der Waals surface area contributed by atoms with Gasteiger partial charge in [0.05, 0.1) is 11.2 Å². The minimum Gasteiger partial charge on any atom is -0.351 e. The summed E-state index contributed by atoms with van der Waals surface area (Å²) in [5.74, 6) is 3.09. The number of aromatic nitrogens is 2. The Labute approximate surface area is 148 Å². The van der Waals surface area contributed by atoms with E-state index in [1.165, 1.54) is 25.7 Å². The molecule has 130 valence electrons. The zero-order valence-corrected chi connectivity index (χ0v) is 14.8. The molecule has 5 nitrogen and oxygen atoms in total. The molecule has 2 saturated carbocycles. The van der Waals surface area contributed by atoms with Gasteiger partial charge in [-0.05, 0) is 56.3 Å². The van der Waals surface area contributed by atoms with Crippen LogP contribution in [0.2, 0.25) is 5.02 Å². The van der Waals surface area contributed by atoms with E-state index in [2.05, 4.69) is 20.2 Å². The molecule has 3 fully saturated rings. The molecular weight excluding hydrogens is 324 g/mol. The standard InChI is InChI=1S/C18H25ClN4O/c19-15-11-21-18(23-7-1-2-8-23)22-16(15)17(24)20-6-5-14-10-12-3-4-13(14)9-12/h11-14H,1-10H2,(H,20,24). The predicted octanol–water partition coefficient (Wildman–Crippen LogP) is 3.29. The summed E-state index contributed by atoms with van der Waals surface area (Å²) in [6.45, 7) is 2.62. The van der Waals surface area contributed by atoms with Crippen LogP contribution in [0.25, 0.3) is 0 Å². The summed E-state index contributed by atoms with van der Waals surface area (Å²) >= 11 is 6.15. The Kier molecular flexibility index (Phi) is 4.61. The van der Waals surface area contributed by atoms with Gasteiger partial charge in [0.1, 0.15) is 0 Å². The third-order valence-electron chi connectivity index (χ3n) is 6.02. The number of nitrogens with one attached hydrogen (secondary N) is 1. The Morgan fingerprint density at radius 2 is 2.12 bits per heavy atom. The fourth-order valence-corrected chi connectivity index (χ4v) is 4.95. The van der Waals surface area contributed by atoms with Crippen LogP contribution in [0.4, 0.5) is 5.95 Å². The van der Waals surface area contributed by atoms with E-state index >= 15 is 0 Å².